The van der Waals surface area contributed by atoms with Crippen molar-refractivity contribution < 1.29 is 18.9 Å². The van der Waals surface area contributed by atoms with Crippen molar-refractivity contribution in [2.24, 2.45) is 0 Å². The molecule has 3 aromatic rings. The van der Waals surface area contributed by atoms with Gasteiger partial charge in [0.25, 0.3) is 17.5 Å². The maximum Gasteiger partial charge on any atom is 0.345 e. The van der Waals surface area contributed by atoms with Crippen molar-refractivity contribution in [3.8, 4) is 10.8 Å². The number of carbonyl (C=O) groups excluding carboxylic acids is 1. The molecule has 0 aliphatic rings. The quantitative estimate of drug-likeness (QED) is 0.385. The molecule has 2 aromatic heterocycles. The molecule has 0 saturated heterocycles. The monoisotopic (exact) mass is 365 g/mol. The minimum Gasteiger partial charge on any atom is -0.452 e. The number of benzene rings is 1. The van der Waals surface area contributed by atoms with Gasteiger partial charge in [0.2, 0.25) is 0 Å². The summed E-state index contributed by atoms with van der Waals surface area (Å²) in [6.07, 6.45) is 0. The summed E-state index contributed by atoms with van der Waals surface area (Å²) in [5.41, 5.74) is -0.639. The van der Waals surface area contributed by atoms with Gasteiger partial charge < -0.3 is 9.15 Å². The van der Waals surface area contributed by atoms with E-state index in [1.807, 2.05) is 17.5 Å². The first-order valence-electron chi connectivity index (χ1n) is 6.52. The Morgan fingerprint density at radius 3 is 2.92 bits per heavy atom. The van der Waals surface area contributed by atoms with Crippen molar-refractivity contribution in [2.45, 2.75) is 6.61 Å². The lowest BCUT2D eigenvalue weighted by molar-refractivity contribution is -0.385. The van der Waals surface area contributed by atoms with Crippen molar-refractivity contribution in [3.63, 3.8) is 0 Å². The molecule has 2 heterocycles. The van der Waals surface area contributed by atoms with Gasteiger partial charge in [-0.3, -0.25) is 10.1 Å². The Morgan fingerprint density at radius 1 is 1.38 bits per heavy atom. The Balaban J connectivity index is 1.72. The molecule has 0 unspecified atom stereocenters. The number of esters is 1. The van der Waals surface area contributed by atoms with E-state index in [4.69, 9.17) is 20.8 Å². The number of aromatic nitrogens is 2. The normalized spacial score (nSPS) is 10.5. The van der Waals surface area contributed by atoms with Crippen LogP contribution in [0.25, 0.3) is 10.8 Å². The SMILES string of the molecule is O=C(OCc1nnc(-c2cccs2)o1)c1cc(Cl)ccc1[N+](=O)[O-]. The van der Waals surface area contributed by atoms with Crippen molar-refractivity contribution in [1.29, 1.82) is 0 Å². The Bertz CT molecular complexity index is 894. The molecule has 0 bridgehead atoms. The topological polar surface area (TPSA) is 108 Å². The van der Waals surface area contributed by atoms with E-state index in [1.54, 1.807) is 0 Å². The summed E-state index contributed by atoms with van der Waals surface area (Å²) in [5.74, 6) is -0.513. The standard InChI is InChI=1S/C14H8ClN3O5S/c15-8-3-4-10(18(20)21)9(6-8)14(19)22-7-12-16-17-13(23-12)11-2-1-5-24-11/h1-6H,7H2. The molecule has 0 amide bonds. The van der Waals surface area contributed by atoms with Crippen molar-refractivity contribution in [3.05, 3.63) is 62.3 Å². The molecule has 0 aliphatic carbocycles. The summed E-state index contributed by atoms with van der Waals surface area (Å²) >= 11 is 7.20. The lowest BCUT2D eigenvalue weighted by Gasteiger charge is -2.03. The number of hydrogen-bond acceptors (Lipinski definition) is 8. The fourth-order valence-electron chi connectivity index (χ4n) is 1.85. The zero-order chi connectivity index (χ0) is 17.1. The molecule has 0 radical (unpaired) electrons. The number of hydrogen-bond donors (Lipinski definition) is 0. The highest BCUT2D eigenvalue weighted by molar-refractivity contribution is 7.13. The van der Waals surface area contributed by atoms with Crippen LogP contribution in [0.1, 0.15) is 16.2 Å². The maximum absolute atomic E-state index is 12.1. The minimum atomic E-state index is -0.903. The first-order chi connectivity index (χ1) is 11.5. The van der Waals surface area contributed by atoms with Gasteiger partial charge in [-0.15, -0.1) is 21.5 Å². The molecule has 0 saturated carbocycles. The largest absolute Gasteiger partial charge is 0.452 e. The van der Waals surface area contributed by atoms with Gasteiger partial charge in [-0.05, 0) is 23.6 Å². The van der Waals surface area contributed by atoms with Crippen LogP contribution in [0.2, 0.25) is 5.02 Å². The Hall–Kier alpha value is -2.78. The molecule has 0 atom stereocenters. The Morgan fingerprint density at radius 2 is 2.21 bits per heavy atom. The van der Waals surface area contributed by atoms with Gasteiger partial charge in [0.1, 0.15) is 5.56 Å². The van der Waals surface area contributed by atoms with Crippen LogP contribution in [0.5, 0.6) is 0 Å². The summed E-state index contributed by atoms with van der Waals surface area (Å²) < 4.78 is 10.4. The van der Waals surface area contributed by atoms with Crippen LogP contribution in [0.3, 0.4) is 0 Å². The van der Waals surface area contributed by atoms with Crippen LogP contribution in [0.15, 0.2) is 40.1 Å². The second kappa shape index (κ2) is 6.77. The van der Waals surface area contributed by atoms with Gasteiger partial charge in [-0.1, -0.05) is 17.7 Å². The first-order valence-corrected chi connectivity index (χ1v) is 7.77. The highest BCUT2D eigenvalue weighted by Crippen LogP contribution is 2.25. The Labute approximate surface area is 143 Å². The van der Waals surface area contributed by atoms with Crippen molar-refractivity contribution >= 4 is 34.6 Å². The lowest BCUT2D eigenvalue weighted by Crippen LogP contribution is -2.08. The summed E-state index contributed by atoms with van der Waals surface area (Å²) in [7, 11) is 0. The predicted octanol–water partition coefficient (Wildman–Crippen LogP) is 3.72. The molecule has 3 rings (SSSR count). The fourth-order valence-corrected chi connectivity index (χ4v) is 2.66. The van der Waals surface area contributed by atoms with Gasteiger partial charge in [-0.2, -0.15) is 0 Å². The number of rotatable bonds is 5. The third-order valence-corrected chi connectivity index (χ3v) is 3.99. The van der Waals surface area contributed by atoms with Gasteiger partial charge in [0, 0.05) is 11.1 Å². The molecule has 0 N–H and O–H groups in total. The Kier molecular flexibility index (Phi) is 4.54. The van der Waals surface area contributed by atoms with Gasteiger partial charge in [-0.25, -0.2) is 4.79 Å². The van der Waals surface area contributed by atoms with E-state index in [1.165, 1.54) is 23.5 Å². The molecule has 0 fully saturated rings. The van der Waals surface area contributed by atoms with E-state index in [0.717, 1.165) is 10.9 Å². The number of halogens is 1. The van der Waals surface area contributed by atoms with E-state index in [9.17, 15) is 14.9 Å². The number of ether oxygens (including phenoxy) is 1. The highest BCUT2D eigenvalue weighted by Gasteiger charge is 2.22. The predicted molar refractivity (Wildman–Crippen MR) is 84.8 cm³/mol. The maximum atomic E-state index is 12.1. The fraction of sp³-hybridized carbons (Fsp3) is 0.0714. The van der Waals surface area contributed by atoms with E-state index < -0.39 is 16.6 Å². The van der Waals surface area contributed by atoms with E-state index in [2.05, 4.69) is 10.2 Å². The lowest BCUT2D eigenvalue weighted by atomic mass is 10.2. The van der Waals surface area contributed by atoms with Crippen LogP contribution in [-0.4, -0.2) is 21.1 Å². The third-order valence-electron chi connectivity index (χ3n) is 2.90. The molecule has 1 aromatic carbocycles. The first kappa shape index (κ1) is 16.1. The summed E-state index contributed by atoms with van der Waals surface area (Å²) in [6.45, 7) is -0.305. The zero-order valence-corrected chi connectivity index (χ0v) is 13.4. The summed E-state index contributed by atoms with van der Waals surface area (Å²) in [4.78, 5) is 23.1. The van der Waals surface area contributed by atoms with Crippen LogP contribution >= 0.6 is 22.9 Å². The number of nitrogens with zero attached hydrogens (tertiary/aromatic N) is 3. The second-order valence-electron chi connectivity index (χ2n) is 4.47. The number of nitro groups is 1. The smallest absolute Gasteiger partial charge is 0.345 e. The van der Waals surface area contributed by atoms with Gasteiger partial charge >= 0.3 is 5.97 Å². The zero-order valence-electron chi connectivity index (χ0n) is 11.8. The number of thiophene rings is 1. The van der Waals surface area contributed by atoms with Crippen molar-refractivity contribution in [1.82, 2.24) is 10.2 Å². The number of nitro benzene ring substituents is 1. The average molecular weight is 366 g/mol. The van der Waals surface area contributed by atoms with Crippen LogP contribution in [0, 0.1) is 10.1 Å². The van der Waals surface area contributed by atoms with E-state index >= 15 is 0 Å². The van der Waals surface area contributed by atoms with Crippen LogP contribution in [0.4, 0.5) is 5.69 Å². The minimum absolute atomic E-state index is 0.0800. The number of carbonyl (C=O) groups is 1. The van der Waals surface area contributed by atoms with E-state index in [0.29, 0.717) is 5.89 Å². The van der Waals surface area contributed by atoms with Crippen molar-refractivity contribution in [2.75, 3.05) is 0 Å². The van der Waals surface area contributed by atoms with E-state index in [-0.39, 0.29) is 23.1 Å². The molecule has 0 spiro atoms. The molecule has 10 heteroatoms. The van der Waals surface area contributed by atoms with Gasteiger partial charge in [0.05, 0.1) is 9.80 Å². The molecule has 0 aliphatic heterocycles. The summed E-state index contributed by atoms with van der Waals surface area (Å²) in [6, 6.07) is 7.28. The van der Waals surface area contributed by atoms with Gasteiger partial charge in [0.15, 0.2) is 6.61 Å². The molecule has 8 nitrogen and oxygen atoms in total. The molecule has 122 valence electrons. The van der Waals surface area contributed by atoms with Crippen LogP contribution in [-0.2, 0) is 11.3 Å². The molecular weight excluding hydrogens is 358 g/mol. The highest BCUT2D eigenvalue weighted by atomic mass is 35.5. The molecular formula is C14H8ClN3O5S. The average Bonchev–Trinajstić information content (AvgIpc) is 3.23. The molecule has 24 heavy (non-hydrogen) atoms. The second-order valence-corrected chi connectivity index (χ2v) is 5.86. The third kappa shape index (κ3) is 3.42. The van der Waals surface area contributed by atoms with Crippen LogP contribution < -0.4 is 0 Å². The summed E-state index contributed by atoms with van der Waals surface area (Å²) in [5, 5.41) is 20.6.